The SMILES string of the molecule is CN1C=CC=C2CCC3=C(C=CC(Cl)C3)C(C3CCNCC3)C21. The van der Waals surface area contributed by atoms with Crippen LogP contribution in [0.2, 0.25) is 0 Å². The minimum Gasteiger partial charge on any atom is -0.373 e. The topological polar surface area (TPSA) is 15.3 Å². The zero-order valence-corrected chi connectivity index (χ0v) is 14.7. The van der Waals surface area contributed by atoms with Gasteiger partial charge in [0, 0.05) is 13.0 Å². The molecule has 23 heavy (non-hydrogen) atoms. The third-order valence-electron chi connectivity index (χ3n) is 6.09. The number of hydrogen-bond donors (Lipinski definition) is 1. The van der Waals surface area contributed by atoms with Gasteiger partial charge in [0.1, 0.15) is 0 Å². The summed E-state index contributed by atoms with van der Waals surface area (Å²) in [6.45, 7) is 2.33. The number of piperidine rings is 1. The van der Waals surface area contributed by atoms with Crippen LogP contribution >= 0.6 is 11.6 Å². The second-order valence-corrected chi connectivity index (χ2v) is 8.01. The highest BCUT2D eigenvalue weighted by Gasteiger charge is 2.40. The van der Waals surface area contributed by atoms with E-state index in [0.29, 0.717) is 12.0 Å². The monoisotopic (exact) mass is 330 g/mol. The number of rotatable bonds is 1. The van der Waals surface area contributed by atoms with Crippen molar-refractivity contribution in [2.24, 2.45) is 11.8 Å². The van der Waals surface area contributed by atoms with Gasteiger partial charge in [-0.1, -0.05) is 23.8 Å². The molecule has 124 valence electrons. The van der Waals surface area contributed by atoms with Crippen molar-refractivity contribution >= 4 is 11.6 Å². The van der Waals surface area contributed by atoms with Crippen LogP contribution in [0.15, 0.2) is 47.2 Å². The summed E-state index contributed by atoms with van der Waals surface area (Å²) in [5.41, 5.74) is 4.86. The Hall–Kier alpha value is -0.990. The van der Waals surface area contributed by atoms with Crippen LogP contribution in [0.25, 0.3) is 0 Å². The summed E-state index contributed by atoms with van der Waals surface area (Å²) in [6.07, 6.45) is 17.5. The molecule has 2 aliphatic carbocycles. The number of nitrogens with one attached hydrogen (secondary N) is 1. The maximum Gasteiger partial charge on any atom is 0.0568 e. The van der Waals surface area contributed by atoms with E-state index >= 15 is 0 Å². The van der Waals surface area contributed by atoms with Crippen molar-refractivity contribution in [3.8, 4) is 0 Å². The van der Waals surface area contributed by atoms with Gasteiger partial charge in [-0.25, -0.2) is 0 Å². The van der Waals surface area contributed by atoms with E-state index in [-0.39, 0.29) is 5.38 Å². The van der Waals surface area contributed by atoms with Crippen LogP contribution in [0.5, 0.6) is 0 Å². The smallest absolute Gasteiger partial charge is 0.0568 e. The van der Waals surface area contributed by atoms with E-state index in [9.17, 15) is 0 Å². The standard InChI is InChI=1S/C20H27ClN2/c1-23-12-2-3-15-4-5-16-13-17(21)6-7-18(16)19(20(15)23)14-8-10-22-11-9-14/h2-3,6-7,12,14,17,19-20,22H,4-5,8-11,13H2,1H3. The molecular weight excluding hydrogens is 304 g/mol. The lowest BCUT2D eigenvalue weighted by Crippen LogP contribution is -2.44. The number of halogens is 1. The zero-order valence-electron chi connectivity index (χ0n) is 14.0. The van der Waals surface area contributed by atoms with Crippen LogP contribution in [0.3, 0.4) is 0 Å². The first-order valence-corrected chi connectivity index (χ1v) is 9.52. The lowest BCUT2D eigenvalue weighted by atomic mass is 9.72. The molecule has 3 atom stereocenters. The zero-order chi connectivity index (χ0) is 15.8. The van der Waals surface area contributed by atoms with Crippen molar-refractivity contribution in [1.29, 1.82) is 0 Å². The summed E-state index contributed by atoms with van der Waals surface area (Å²) < 4.78 is 0. The Morgan fingerprint density at radius 2 is 2.04 bits per heavy atom. The Labute approximate surface area is 145 Å². The van der Waals surface area contributed by atoms with Crippen molar-refractivity contribution in [2.75, 3.05) is 20.1 Å². The largest absolute Gasteiger partial charge is 0.373 e. The molecule has 0 aromatic rings. The quantitative estimate of drug-likeness (QED) is 0.731. The molecule has 1 saturated heterocycles. The predicted molar refractivity (Wildman–Crippen MR) is 97.5 cm³/mol. The van der Waals surface area contributed by atoms with E-state index in [1.807, 2.05) is 0 Å². The summed E-state index contributed by atoms with van der Waals surface area (Å²) in [6, 6.07) is 0.534. The Kier molecular flexibility index (Phi) is 4.38. The molecule has 4 aliphatic rings. The van der Waals surface area contributed by atoms with Gasteiger partial charge in [-0.05, 0) is 74.5 Å². The van der Waals surface area contributed by atoms with E-state index in [4.69, 9.17) is 11.6 Å². The van der Waals surface area contributed by atoms with Crippen molar-refractivity contribution in [3.05, 3.63) is 47.2 Å². The van der Waals surface area contributed by atoms with Crippen LogP contribution in [0, 0.1) is 11.8 Å². The van der Waals surface area contributed by atoms with Gasteiger partial charge < -0.3 is 10.2 Å². The van der Waals surface area contributed by atoms with Gasteiger partial charge in [0.15, 0.2) is 0 Å². The number of hydrogen-bond acceptors (Lipinski definition) is 2. The van der Waals surface area contributed by atoms with Crippen molar-refractivity contribution < 1.29 is 0 Å². The summed E-state index contributed by atoms with van der Waals surface area (Å²) in [7, 11) is 2.25. The molecule has 0 bridgehead atoms. The lowest BCUT2D eigenvalue weighted by molar-refractivity contribution is 0.195. The van der Waals surface area contributed by atoms with Crippen LogP contribution in [0.1, 0.15) is 32.1 Å². The van der Waals surface area contributed by atoms with Crippen LogP contribution < -0.4 is 5.32 Å². The molecule has 3 heteroatoms. The first-order valence-electron chi connectivity index (χ1n) is 9.08. The van der Waals surface area contributed by atoms with E-state index in [1.165, 1.54) is 25.7 Å². The van der Waals surface area contributed by atoms with Gasteiger partial charge in [-0.2, -0.15) is 0 Å². The van der Waals surface area contributed by atoms with E-state index in [1.54, 1.807) is 16.7 Å². The molecule has 1 fully saturated rings. The van der Waals surface area contributed by atoms with E-state index in [2.05, 4.69) is 47.8 Å². The molecule has 0 saturated carbocycles. The highest BCUT2D eigenvalue weighted by molar-refractivity contribution is 6.22. The maximum atomic E-state index is 6.44. The molecule has 3 unspecified atom stereocenters. The Morgan fingerprint density at radius 1 is 1.22 bits per heavy atom. The summed E-state index contributed by atoms with van der Waals surface area (Å²) >= 11 is 6.44. The summed E-state index contributed by atoms with van der Waals surface area (Å²) in [4.78, 5) is 2.46. The third kappa shape index (κ3) is 2.92. The Morgan fingerprint density at radius 3 is 2.87 bits per heavy atom. The number of allylic oxidation sites excluding steroid dienone is 5. The molecule has 4 rings (SSSR count). The second-order valence-electron chi connectivity index (χ2n) is 7.44. The van der Waals surface area contributed by atoms with Gasteiger partial charge in [0.25, 0.3) is 0 Å². The van der Waals surface area contributed by atoms with Gasteiger partial charge in [-0.15, -0.1) is 11.6 Å². The van der Waals surface area contributed by atoms with Gasteiger partial charge in [0.05, 0.1) is 11.4 Å². The van der Waals surface area contributed by atoms with Gasteiger partial charge in [0.2, 0.25) is 0 Å². The molecular formula is C20H27ClN2. The van der Waals surface area contributed by atoms with Crippen LogP contribution in [0.4, 0.5) is 0 Å². The fraction of sp³-hybridized carbons (Fsp3) is 0.600. The third-order valence-corrected chi connectivity index (χ3v) is 6.39. The molecule has 0 amide bonds. The fourth-order valence-corrected chi connectivity index (χ4v) is 5.25. The average molecular weight is 331 g/mol. The molecule has 2 nitrogen and oxygen atoms in total. The van der Waals surface area contributed by atoms with Crippen molar-refractivity contribution in [2.45, 2.75) is 43.5 Å². The molecule has 0 aromatic carbocycles. The maximum absolute atomic E-state index is 6.44. The minimum absolute atomic E-state index is 0.187. The number of likely N-dealkylation sites (N-methyl/N-ethyl adjacent to an activating group) is 1. The fourth-order valence-electron chi connectivity index (χ4n) is 4.99. The van der Waals surface area contributed by atoms with Crippen molar-refractivity contribution in [1.82, 2.24) is 10.2 Å². The van der Waals surface area contributed by atoms with Crippen LogP contribution in [-0.4, -0.2) is 36.5 Å². The number of fused-ring (bicyclic) bond motifs is 1. The summed E-state index contributed by atoms with van der Waals surface area (Å²) in [5, 5.41) is 3.72. The van der Waals surface area contributed by atoms with Gasteiger partial charge in [-0.3, -0.25) is 0 Å². The minimum atomic E-state index is 0.187. The second kappa shape index (κ2) is 6.49. The molecule has 0 radical (unpaired) electrons. The predicted octanol–water partition coefficient (Wildman–Crippen LogP) is 4.01. The molecule has 0 aromatic heterocycles. The number of nitrogens with zero attached hydrogens (tertiary/aromatic N) is 1. The Bertz CT molecular complexity index is 580. The van der Waals surface area contributed by atoms with Crippen LogP contribution in [-0.2, 0) is 0 Å². The molecule has 1 N–H and O–H groups in total. The first kappa shape index (κ1) is 15.5. The normalized spacial score (nSPS) is 34.8. The molecule has 2 heterocycles. The lowest BCUT2D eigenvalue weighted by Gasteiger charge is -2.43. The summed E-state index contributed by atoms with van der Waals surface area (Å²) in [5.74, 6) is 1.40. The van der Waals surface area contributed by atoms with Gasteiger partial charge >= 0.3 is 0 Å². The first-order chi connectivity index (χ1) is 11.2. The molecule has 0 spiro atoms. The highest BCUT2D eigenvalue weighted by Crippen LogP contribution is 2.45. The average Bonchev–Trinajstić information content (AvgIpc) is 2.73. The van der Waals surface area contributed by atoms with E-state index in [0.717, 1.165) is 25.4 Å². The number of alkyl halides is 1. The Balaban J connectivity index is 1.76. The highest BCUT2D eigenvalue weighted by atomic mass is 35.5. The van der Waals surface area contributed by atoms with Crippen molar-refractivity contribution in [3.63, 3.8) is 0 Å². The molecule has 2 aliphatic heterocycles. The van der Waals surface area contributed by atoms with E-state index < -0.39 is 0 Å².